The number of phenolic OH excluding ortho intramolecular Hbond substituents is 1. The summed E-state index contributed by atoms with van der Waals surface area (Å²) in [4.78, 5) is 25.6. The first-order valence-electron chi connectivity index (χ1n) is 9.93. The number of fused-ring (bicyclic) bond motifs is 1. The Balaban J connectivity index is 1.74. The summed E-state index contributed by atoms with van der Waals surface area (Å²) in [6.07, 6.45) is 0. The molecule has 0 radical (unpaired) electrons. The standard InChI is InChI=1S/C25H21NO7/c1-30-18-10-5-4-9-16(18)26-25(29)15-8-6-7-14(11-15)19-12-17(27)22-20(33-19)13-21(31-2)24(32-3)23(22)28/h4-13,28H,1-3H3,(H,26,29). The van der Waals surface area contributed by atoms with Crippen LogP contribution in [-0.4, -0.2) is 32.3 Å². The second-order valence-electron chi connectivity index (χ2n) is 7.04. The van der Waals surface area contributed by atoms with Crippen LogP contribution in [0.15, 0.2) is 69.9 Å². The molecule has 2 N–H and O–H groups in total. The number of hydrogen-bond acceptors (Lipinski definition) is 7. The van der Waals surface area contributed by atoms with E-state index in [4.69, 9.17) is 18.6 Å². The summed E-state index contributed by atoms with van der Waals surface area (Å²) in [5, 5.41) is 13.3. The summed E-state index contributed by atoms with van der Waals surface area (Å²) in [7, 11) is 4.30. The van der Waals surface area contributed by atoms with Crippen molar-refractivity contribution in [2.45, 2.75) is 0 Å². The third-order valence-electron chi connectivity index (χ3n) is 5.10. The van der Waals surface area contributed by atoms with Gasteiger partial charge in [-0.2, -0.15) is 0 Å². The summed E-state index contributed by atoms with van der Waals surface area (Å²) < 4.78 is 21.5. The number of nitrogens with one attached hydrogen (secondary N) is 1. The zero-order valence-electron chi connectivity index (χ0n) is 18.2. The average Bonchev–Trinajstić information content (AvgIpc) is 2.83. The Hall–Kier alpha value is -4.46. The van der Waals surface area contributed by atoms with Gasteiger partial charge in [0.2, 0.25) is 5.75 Å². The van der Waals surface area contributed by atoms with Gasteiger partial charge in [-0.15, -0.1) is 0 Å². The zero-order valence-corrected chi connectivity index (χ0v) is 18.2. The molecule has 0 aliphatic heterocycles. The molecule has 0 unspecified atom stereocenters. The van der Waals surface area contributed by atoms with Gasteiger partial charge in [-0.05, 0) is 24.3 Å². The van der Waals surface area contributed by atoms with Crippen molar-refractivity contribution in [1.29, 1.82) is 0 Å². The van der Waals surface area contributed by atoms with Crippen LogP contribution >= 0.6 is 0 Å². The molecule has 0 aliphatic rings. The number of carbonyl (C=O) groups is 1. The lowest BCUT2D eigenvalue weighted by atomic mass is 10.1. The van der Waals surface area contributed by atoms with Crippen molar-refractivity contribution in [3.05, 3.63) is 76.5 Å². The van der Waals surface area contributed by atoms with Gasteiger partial charge < -0.3 is 29.1 Å². The van der Waals surface area contributed by atoms with Crippen molar-refractivity contribution in [3.63, 3.8) is 0 Å². The van der Waals surface area contributed by atoms with Crippen LogP contribution in [0.1, 0.15) is 10.4 Å². The number of amides is 1. The average molecular weight is 447 g/mol. The van der Waals surface area contributed by atoms with Gasteiger partial charge >= 0.3 is 0 Å². The van der Waals surface area contributed by atoms with Crippen molar-refractivity contribution >= 4 is 22.6 Å². The number of methoxy groups -OCH3 is 3. The highest BCUT2D eigenvalue weighted by Gasteiger charge is 2.20. The fourth-order valence-electron chi connectivity index (χ4n) is 3.51. The van der Waals surface area contributed by atoms with E-state index in [0.717, 1.165) is 0 Å². The molecule has 0 saturated carbocycles. The lowest BCUT2D eigenvalue weighted by Crippen LogP contribution is -2.12. The number of ether oxygens (including phenoxy) is 3. The highest BCUT2D eigenvalue weighted by atomic mass is 16.5. The lowest BCUT2D eigenvalue weighted by Gasteiger charge is -2.12. The minimum atomic E-state index is -0.464. The molecule has 1 aromatic heterocycles. The van der Waals surface area contributed by atoms with E-state index in [9.17, 15) is 14.7 Å². The lowest BCUT2D eigenvalue weighted by molar-refractivity contribution is 0.102. The van der Waals surface area contributed by atoms with E-state index in [0.29, 0.717) is 22.6 Å². The molecular formula is C25H21NO7. The Kier molecular flexibility index (Phi) is 5.91. The van der Waals surface area contributed by atoms with Crippen molar-refractivity contribution in [3.8, 4) is 34.3 Å². The topological polar surface area (TPSA) is 107 Å². The van der Waals surface area contributed by atoms with Gasteiger partial charge in [-0.3, -0.25) is 9.59 Å². The Morgan fingerprint density at radius 3 is 2.39 bits per heavy atom. The molecule has 3 aromatic carbocycles. The maximum absolute atomic E-state index is 12.8. The van der Waals surface area contributed by atoms with Gasteiger partial charge in [0.25, 0.3) is 5.91 Å². The maximum Gasteiger partial charge on any atom is 0.255 e. The summed E-state index contributed by atoms with van der Waals surface area (Å²) in [6, 6.07) is 16.4. The molecule has 0 atom stereocenters. The van der Waals surface area contributed by atoms with E-state index in [1.165, 1.54) is 33.5 Å². The van der Waals surface area contributed by atoms with E-state index in [2.05, 4.69) is 5.32 Å². The Morgan fingerprint density at radius 1 is 0.909 bits per heavy atom. The first-order valence-corrected chi connectivity index (χ1v) is 9.93. The fraction of sp³-hybridized carbons (Fsp3) is 0.120. The van der Waals surface area contributed by atoms with E-state index < -0.39 is 5.43 Å². The van der Waals surface area contributed by atoms with Crippen LogP contribution < -0.4 is 25.0 Å². The Morgan fingerprint density at radius 2 is 1.67 bits per heavy atom. The van der Waals surface area contributed by atoms with Gasteiger partial charge in [0, 0.05) is 23.3 Å². The van der Waals surface area contributed by atoms with Crippen LogP contribution in [0.4, 0.5) is 5.69 Å². The molecule has 4 rings (SSSR count). The number of carbonyl (C=O) groups excluding carboxylic acids is 1. The first kappa shape index (κ1) is 21.8. The highest BCUT2D eigenvalue weighted by molar-refractivity contribution is 6.05. The van der Waals surface area contributed by atoms with Crippen LogP contribution in [0.2, 0.25) is 0 Å². The first-order chi connectivity index (χ1) is 16.0. The smallest absolute Gasteiger partial charge is 0.255 e. The van der Waals surface area contributed by atoms with Gasteiger partial charge in [-0.1, -0.05) is 24.3 Å². The van der Waals surface area contributed by atoms with E-state index >= 15 is 0 Å². The Bertz CT molecular complexity index is 1410. The number of benzene rings is 3. The summed E-state index contributed by atoms with van der Waals surface area (Å²) >= 11 is 0. The molecule has 8 heteroatoms. The minimum Gasteiger partial charge on any atom is -0.504 e. The van der Waals surface area contributed by atoms with E-state index in [1.54, 1.807) is 48.5 Å². The monoisotopic (exact) mass is 447 g/mol. The number of aromatic hydroxyl groups is 1. The van der Waals surface area contributed by atoms with E-state index in [-0.39, 0.29) is 39.9 Å². The molecule has 4 aromatic rings. The predicted octanol–water partition coefficient (Wildman–Crippen LogP) is 4.44. The van der Waals surface area contributed by atoms with Gasteiger partial charge in [0.1, 0.15) is 22.5 Å². The molecule has 0 spiro atoms. The fourth-order valence-corrected chi connectivity index (χ4v) is 3.51. The Labute approximate surface area is 188 Å². The van der Waals surface area contributed by atoms with Crippen molar-refractivity contribution < 1.29 is 28.5 Å². The molecule has 168 valence electrons. The molecule has 33 heavy (non-hydrogen) atoms. The molecular weight excluding hydrogens is 426 g/mol. The van der Waals surface area contributed by atoms with Crippen molar-refractivity contribution in [2.75, 3.05) is 26.6 Å². The van der Waals surface area contributed by atoms with Crippen LogP contribution in [0.25, 0.3) is 22.3 Å². The minimum absolute atomic E-state index is 0.0264. The van der Waals surface area contributed by atoms with Gasteiger partial charge in [0.05, 0.1) is 27.0 Å². The van der Waals surface area contributed by atoms with Gasteiger partial charge in [-0.25, -0.2) is 0 Å². The molecule has 0 aliphatic carbocycles. The van der Waals surface area contributed by atoms with Crippen LogP contribution in [0.5, 0.6) is 23.0 Å². The van der Waals surface area contributed by atoms with Crippen LogP contribution in [0.3, 0.4) is 0 Å². The second kappa shape index (κ2) is 8.96. The summed E-state index contributed by atoms with van der Waals surface area (Å²) in [5.74, 6) is 0.302. The zero-order chi connectivity index (χ0) is 23.5. The number of para-hydroxylation sites is 2. The third kappa shape index (κ3) is 4.06. The number of rotatable bonds is 6. The molecule has 0 fully saturated rings. The molecule has 1 heterocycles. The molecule has 0 saturated heterocycles. The van der Waals surface area contributed by atoms with Crippen LogP contribution in [0, 0.1) is 0 Å². The molecule has 0 bridgehead atoms. The van der Waals surface area contributed by atoms with Crippen LogP contribution in [-0.2, 0) is 0 Å². The summed E-state index contributed by atoms with van der Waals surface area (Å²) in [6.45, 7) is 0. The normalized spacial score (nSPS) is 10.6. The number of anilines is 1. The highest BCUT2D eigenvalue weighted by Crippen LogP contribution is 2.42. The summed E-state index contributed by atoms with van der Waals surface area (Å²) in [5.41, 5.74) is 1.06. The van der Waals surface area contributed by atoms with Crippen molar-refractivity contribution in [2.24, 2.45) is 0 Å². The third-order valence-corrected chi connectivity index (χ3v) is 5.10. The maximum atomic E-state index is 12.8. The number of hydrogen-bond donors (Lipinski definition) is 2. The van der Waals surface area contributed by atoms with Crippen molar-refractivity contribution in [1.82, 2.24) is 0 Å². The second-order valence-corrected chi connectivity index (χ2v) is 7.04. The van der Waals surface area contributed by atoms with Gasteiger partial charge in [0.15, 0.2) is 16.9 Å². The SMILES string of the molecule is COc1ccccc1NC(=O)c1cccc(-c2cc(=O)c3c(O)c(OC)c(OC)cc3o2)c1. The quantitative estimate of drug-likeness (QED) is 0.450. The van der Waals surface area contributed by atoms with E-state index in [1.807, 2.05) is 0 Å². The predicted molar refractivity (Wildman–Crippen MR) is 124 cm³/mol. The molecule has 8 nitrogen and oxygen atoms in total. The molecule has 1 amide bonds. The number of phenols is 1. The largest absolute Gasteiger partial charge is 0.504 e.